The lowest BCUT2D eigenvalue weighted by Crippen LogP contribution is -2.32. The van der Waals surface area contributed by atoms with Crippen molar-refractivity contribution >= 4 is 15.5 Å². The van der Waals surface area contributed by atoms with E-state index in [-0.39, 0.29) is 17.5 Å². The predicted octanol–water partition coefficient (Wildman–Crippen LogP) is 1.13. The van der Waals surface area contributed by atoms with E-state index in [0.29, 0.717) is 23.4 Å². The second-order valence-corrected chi connectivity index (χ2v) is 7.18. The van der Waals surface area contributed by atoms with Crippen molar-refractivity contribution in [3.8, 4) is 0 Å². The minimum atomic E-state index is -3.06. The Bertz CT molecular complexity index is 613. The first kappa shape index (κ1) is 16.5. The number of nitrogens with one attached hydrogen (secondary N) is 1. The Kier molecular flexibility index (Phi) is 5.18. The maximum Gasteiger partial charge on any atom is 0.278 e. The molecule has 1 aromatic rings. The zero-order valence-electron chi connectivity index (χ0n) is 12.0. The Balaban J connectivity index is 2.84. The second kappa shape index (κ2) is 6.27. The van der Waals surface area contributed by atoms with E-state index in [1.54, 1.807) is 20.8 Å². The molecule has 0 bridgehead atoms. The van der Waals surface area contributed by atoms with Gasteiger partial charge in [-0.2, -0.15) is 0 Å². The van der Waals surface area contributed by atoms with E-state index in [1.165, 1.54) is 12.5 Å². The molecule has 0 saturated heterocycles. The van der Waals surface area contributed by atoms with Crippen LogP contribution in [0.5, 0.6) is 0 Å². The number of hydrogen-bond donors (Lipinski definition) is 1. The molecular weight excluding hydrogens is 282 g/mol. The molecule has 20 heavy (non-hydrogen) atoms. The van der Waals surface area contributed by atoms with Crippen molar-refractivity contribution in [2.24, 2.45) is 0 Å². The molecule has 1 aromatic heterocycles. The van der Waals surface area contributed by atoms with Gasteiger partial charge in [0, 0.05) is 36.2 Å². The first-order chi connectivity index (χ1) is 9.11. The maximum atomic E-state index is 11.2. The van der Waals surface area contributed by atoms with Crippen LogP contribution in [0.25, 0.3) is 0 Å². The zero-order chi connectivity index (χ0) is 15.5. The molecular formula is C12H19N3O4S. The molecule has 1 rings (SSSR count). The summed E-state index contributed by atoms with van der Waals surface area (Å²) in [5.74, 6) is 0.0139. The van der Waals surface area contributed by atoms with Crippen LogP contribution in [0.2, 0.25) is 0 Å². The van der Waals surface area contributed by atoms with E-state index < -0.39 is 14.8 Å². The van der Waals surface area contributed by atoms with Crippen LogP contribution in [0, 0.1) is 24.0 Å². The average molecular weight is 301 g/mol. The van der Waals surface area contributed by atoms with Crippen LogP contribution >= 0.6 is 0 Å². The van der Waals surface area contributed by atoms with Crippen LogP contribution in [-0.2, 0) is 16.4 Å². The van der Waals surface area contributed by atoms with Gasteiger partial charge in [0.15, 0.2) is 0 Å². The van der Waals surface area contributed by atoms with E-state index in [9.17, 15) is 18.5 Å². The summed E-state index contributed by atoms with van der Waals surface area (Å²) in [5, 5.41) is 14.0. The Morgan fingerprint density at radius 1 is 1.45 bits per heavy atom. The monoisotopic (exact) mass is 301 g/mol. The number of pyridine rings is 1. The van der Waals surface area contributed by atoms with E-state index in [1.807, 2.05) is 0 Å². The molecule has 0 fully saturated rings. The topological polar surface area (TPSA) is 102 Å². The highest BCUT2D eigenvalue weighted by molar-refractivity contribution is 7.90. The fraction of sp³-hybridized carbons (Fsp3) is 0.583. The third kappa shape index (κ3) is 4.53. The molecule has 112 valence electrons. The standard InChI is InChI=1S/C12H19N3O4S/c1-8-5-14-11(10(3)12(8)15(16)17)6-13-9(2)7-20(4,18)19/h5,9,13H,6-7H2,1-4H3. The van der Waals surface area contributed by atoms with Crippen molar-refractivity contribution in [3.05, 3.63) is 33.1 Å². The number of sulfone groups is 1. The largest absolute Gasteiger partial charge is 0.308 e. The number of aromatic nitrogens is 1. The van der Waals surface area contributed by atoms with Crippen molar-refractivity contribution in [1.82, 2.24) is 10.3 Å². The highest BCUT2D eigenvalue weighted by atomic mass is 32.2. The van der Waals surface area contributed by atoms with Crippen molar-refractivity contribution in [2.45, 2.75) is 33.4 Å². The summed E-state index contributed by atoms with van der Waals surface area (Å²) in [6.45, 7) is 5.33. The number of rotatable bonds is 6. The quantitative estimate of drug-likeness (QED) is 0.624. The lowest BCUT2D eigenvalue weighted by atomic mass is 10.1. The minimum Gasteiger partial charge on any atom is -0.308 e. The van der Waals surface area contributed by atoms with Crippen LogP contribution in [0.15, 0.2) is 6.20 Å². The lowest BCUT2D eigenvalue weighted by molar-refractivity contribution is -0.386. The molecule has 0 aliphatic carbocycles. The summed E-state index contributed by atoms with van der Waals surface area (Å²) in [5.41, 5.74) is 1.64. The van der Waals surface area contributed by atoms with Gasteiger partial charge in [-0.05, 0) is 20.8 Å². The Morgan fingerprint density at radius 2 is 2.05 bits per heavy atom. The Morgan fingerprint density at radius 3 is 2.55 bits per heavy atom. The molecule has 0 saturated carbocycles. The van der Waals surface area contributed by atoms with Crippen molar-refractivity contribution in [3.63, 3.8) is 0 Å². The van der Waals surface area contributed by atoms with Crippen molar-refractivity contribution < 1.29 is 13.3 Å². The summed E-state index contributed by atoms with van der Waals surface area (Å²) in [7, 11) is -3.06. The molecule has 1 atom stereocenters. The van der Waals surface area contributed by atoms with Gasteiger partial charge >= 0.3 is 0 Å². The van der Waals surface area contributed by atoms with Crippen molar-refractivity contribution in [1.29, 1.82) is 0 Å². The molecule has 0 aliphatic rings. The zero-order valence-corrected chi connectivity index (χ0v) is 12.8. The lowest BCUT2D eigenvalue weighted by Gasteiger charge is -2.13. The van der Waals surface area contributed by atoms with Gasteiger partial charge < -0.3 is 5.32 Å². The third-order valence-electron chi connectivity index (χ3n) is 2.93. The Labute approximate surface area is 118 Å². The van der Waals surface area contributed by atoms with E-state index >= 15 is 0 Å². The first-order valence-corrected chi connectivity index (χ1v) is 8.18. The summed E-state index contributed by atoms with van der Waals surface area (Å²) < 4.78 is 22.3. The molecule has 0 spiro atoms. The van der Waals surface area contributed by atoms with Crippen LogP contribution < -0.4 is 5.32 Å². The van der Waals surface area contributed by atoms with Gasteiger partial charge in [0.1, 0.15) is 9.84 Å². The molecule has 0 radical (unpaired) electrons. The SMILES string of the molecule is Cc1cnc(CNC(C)CS(C)(=O)=O)c(C)c1[N+](=O)[O-]. The molecule has 8 heteroatoms. The van der Waals surface area contributed by atoms with Crippen LogP contribution in [0.4, 0.5) is 5.69 Å². The highest BCUT2D eigenvalue weighted by Gasteiger charge is 2.19. The average Bonchev–Trinajstić information content (AvgIpc) is 2.25. The number of nitro groups is 1. The fourth-order valence-electron chi connectivity index (χ4n) is 2.01. The highest BCUT2D eigenvalue weighted by Crippen LogP contribution is 2.23. The molecule has 0 amide bonds. The Hall–Kier alpha value is -1.54. The van der Waals surface area contributed by atoms with Crippen LogP contribution in [0.1, 0.15) is 23.7 Å². The number of aryl methyl sites for hydroxylation is 1. The fourth-order valence-corrected chi connectivity index (χ4v) is 3.03. The minimum absolute atomic E-state index is 0.0139. The van der Waals surface area contributed by atoms with E-state index in [0.717, 1.165) is 0 Å². The summed E-state index contributed by atoms with van der Waals surface area (Å²) >= 11 is 0. The number of nitrogens with zero attached hydrogens (tertiary/aromatic N) is 2. The van der Waals surface area contributed by atoms with Gasteiger partial charge in [0.25, 0.3) is 5.69 Å². The predicted molar refractivity (Wildman–Crippen MR) is 76.4 cm³/mol. The van der Waals surface area contributed by atoms with Crippen LogP contribution in [0.3, 0.4) is 0 Å². The summed E-state index contributed by atoms with van der Waals surface area (Å²) in [4.78, 5) is 14.8. The van der Waals surface area contributed by atoms with E-state index in [2.05, 4.69) is 10.3 Å². The van der Waals surface area contributed by atoms with Crippen molar-refractivity contribution in [2.75, 3.05) is 12.0 Å². The van der Waals surface area contributed by atoms with E-state index in [4.69, 9.17) is 0 Å². The van der Waals surface area contributed by atoms with Gasteiger partial charge in [-0.15, -0.1) is 0 Å². The van der Waals surface area contributed by atoms with Gasteiger partial charge in [-0.25, -0.2) is 8.42 Å². The van der Waals surface area contributed by atoms with Crippen LogP contribution in [-0.4, -0.2) is 36.4 Å². The van der Waals surface area contributed by atoms with Gasteiger partial charge in [-0.3, -0.25) is 15.1 Å². The molecule has 7 nitrogen and oxygen atoms in total. The first-order valence-electron chi connectivity index (χ1n) is 6.12. The molecule has 1 N–H and O–H groups in total. The normalized spacial score (nSPS) is 13.2. The smallest absolute Gasteiger partial charge is 0.278 e. The third-order valence-corrected chi connectivity index (χ3v) is 4.03. The molecule has 1 heterocycles. The summed E-state index contributed by atoms with van der Waals surface area (Å²) in [6, 6.07) is -0.244. The maximum absolute atomic E-state index is 11.2. The molecule has 0 aliphatic heterocycles. The molecule has 1 unspecified atom stereocenters. The second-order valence-electron chi connectivity index (χ2n) is 4.99. The number of hydrogen-bond acceptors (Lipinski definition) is 6. The van der Waals surface area contributed by atoms with Gasteiger partial charge in [0.2, 0.25) is 0 Å². The molecule has 0 aromatic carbocycles. The summed E-state index contributed by atoms with van der Waals surface area (Å²) in [6.07, 6.45) is 2.63. The van der Waals surface area contributed by atoms with Gasteiger partial charge in [0.05, 0.1) is 16.4 Å². The van der Waals surface area contributed by atoms with Gasteiger partial charge in [-0.1, -0.05) is 0 Å².